The maximum Gasteiger partial charge on any atom is 0.126 e. The van der Waals surface area contributed by atoms with Gasteiger partial charge in [0.15, 0.2) is 0 Å². The van der Waals surface area contributed by atoms with Gasteiger partial charge in [-0.2, -0.15) is 0 Å². The van der Waals surface area contributed by atoms with E-state index < -0.39 is 0 Å². The Hall–Kier alpha value is -2.33. The van der Waals surface area contributed by atoms with Gasteiger partial charge in [-0.3, -0.25) is 0 Å². The van der Waals surface area contributed by atoms with Crippen LogP contribution in [0.5, 0.6) is 5.75 Å². The predicted octanol–water partition coefficient (Wildman–Crippen LogP) is 4.45. The van der Waals surface area contributed by atoms with E-state index in [0.717, 1.165) is 35.6 Å². The van der Waals surface area contributed by atoms with Crippen LogP contribution in [-0.2, 0) is 6.54 Å². The second-order valence-electron chi connectivity index (χ2n) is 6.72. The summed E-state index contributed by atoms with van der Waals surface area (Å²) < 4.78 is 8.13. The maximum absolute atomic E-state index is 6.31. The largest absolute Gasteiger partial charge is 0.492 e. The zero-order valence-corrected chi connectivity index (χ0v) is 15.5. The molecule has 2 aromatic carbocycles. The Kier molecular flexibility index (Phi) is 5.09. The molecule has 0 aliphatic carbocycles. The van der Waals surface area contributed by atoms with Gasteiger partial charge in [0.05, 0.1) is 23.6 Å². The Balaban J connectivity index is 1.87. The normalized spacial score (nSPS) is 12.5. The molecule has 1 atom stereocenters. The Labute approximate surface area is 149 Å². The fourth-order valence-electron chi connectivity index (χ4n) is 2.99. The molecule has 4 heteroatoms. The van der Waals surface area contributed by atoms with Crippen molar-refractivity contribution >= 4 is 11.0 Å². The first-order valence-corrected chi connectivity index (χ1v) is 8.92. The van der Waals surface area contributed by atoms with Crippen molar-refractivity contribution in [1.29, 1.82) is 0 Å². The van der Waals surface area contributed by atoms with Gasteiger partial charge >= 0.3 is 0 Å². The predicted molar refractivity (Wildman–Crippen MR) is 103 cm³/mol. The summed E-state index contributed by atoms with van der Waals surface area (Å²) in [6.45, 7) is 9.74. The number of hydrogen-bond donors (Lipinski definition) is 1. The highest BCUT2D eigenvalue weighted by molar-refractivity contribution is 5.78. The number of nitrogens with zero attached hydrogens (tertiary/aromatic N) is 2. The first-order valence-electron chi connectivity index (χ1n) is 8.92. The smallest absolute Gasteiger partial charge is 0.126 e. The molecule has 1 heterocycles. The van der Waals surface area contributed by atoms with E-state index in [1.807, 2.05) is 12.1 Å². The van der Waals surface area contributed by atoms with Gasteiger partial charge in [0.1, 0.15) is 18.2 Å². The molecule has 3 rings (SSSR count). The number of rotatable bonds is 6. The number of fused-ring (bicyclic) bond motifs is 1. The van der Waals surface area contributed by atoms with Crippen molar-refractivity contribution in [1.82, 2.24) is 9.55 Å². The summed E-state index contributed by atoms with van der Waals surface area (Å²) in [7, 11) is 0. The van der Waals surface area contributed by atoms with Gasteiger partial charge < -0.3 is 15.0 Å². The highest BCUT2D eigenvalue weighted by Gasteiger charge is 2.16. The van der Waals surface area contributed by atoms with Gasteiger partial charge in [-0.1, -0.05) is 24.6 Å². The molecule has 25 heavy (non-hydrogen) atoms. The molecule has 0 saturated carbocycles. The van der Waals surface area contributed by atoms with E-state index in [1.54, 1.807) is 0 Å². The van der Waals surface area contributed by atoms with Crippen LogP contribution >= 0.6 is 0 Å². The number of nitrogens with two attached hydrogens (primary N) is 1. The molecule has 1 unspecified atom stereocenters. The summed E-state index contributed by atoms with van der Waals surface area (Å²) >= 11 is 0. The first kappa shape index (κ1) is 17.5. The van der Waals surface area contributed by atoms with Gasteiger partial charge in [0.2, 0.25) is 0 Å². The van der Waals surface area contributed by atoms with Crippen LogP contribution in [0.15, 0.2) is 36.4 Å². The molecule has 0 aliphatic heterocycles. The quantitative estimate of drug-likeness (QED) is 0.723. The van der Waals surface area contributed by atoms with Gasteiger partial charge in [0, 0.05) is 0 Å². The van der Waals surface area contributed by atoms with E-state index in [0.29, 0.717) is 6.61 Å². The molecule has 0 spiro atoms. The number of aryl methyl sites for hydroxylation is 3. The lowest BCUT2D eigenvalue weighted by atomic mass is 10.1. The average Bonchev–Trinajstić information content (AvgIpc) is 2.94. The lowest BCUT2D eigenvalue weighted by Crippen LogP contribution is -2.18. The van der Waals surface area contributed by atoms with Crippen LogP contribution < -0.4 is 10.5 Å². The summed E-state index contributed by atoms with van der Waals surface area (Å²) in [5.41, 5.74) is 12.2. The van der Waals surface area contributed by atoms with E-state index in [1.165, 1.54) is 16.7 Å². The lowest BCUT2D eigenvalue weighted by molar-refractivity contribution is 0.297. The van der Waals surface area contributed by atoms with Crippen LogP contribution in [0.4, 0.5) is 0 Å². The van der Waals surface area contributed by atoms with Crippen LogP contribution in [-0.4, -0.2) is 16.2 Å². The van der Waals surface area contributed by atoms with E-state index in [-0.39, 0.29) is 6.04 Å². The summed E-state index contributed by atoms with van der Waals surface area (Å²) in [5.74, 6) is 1.83. The highest BCUT2D eigenvalue weighted by atomic mass is 16.5. The minimum atomic E-state index is -0.0626. The third-order valence-corrected chi connectivity index (χ3v) is 4.77. The third kappa shape index (κ3) is 3.69. The third-order valence-electron chi connectivity index (χ3n) is 4.77. The van der Waals surface area contributed by atoms with Gasteiger partial charge in [0.25, 0.3) is 0 Å². The zero-order chi connectivity index (χ0) is 18.0. The fraction of sp³-hybridized carbons (Fsp3) is 0.381. The standard InChI is InChI=1S/C21H27N3O/c1-5-18(22)21-23-19-12-15(3)16(4)13-20(19)24(21)10-11-25-17-8-6-14(2)7-9-17/h6-9,12-13,18H,5,10-11,22H2,1-4H3. The van der Waals surface area contributed by atoms with Crippen molar-refractivity contribution < 1.29 is 4.74 Å². The molecule has 0 amide bonds. The van der Waals surface area contributed by atoms with Crippen LogP contribution in [0.1, 0.15) is 41.9 Å². The van der Waals surface area contributed by atoms with Crippen molar-refractivity contribution in [2.45, 2.75) is 46.7 Å². The molecule has 2 N–H and O–H groups in total. The topological polar surface area (TPSA) is 53.1 Å². The number of benzene rings is 2. The zero-order valence-electron chi connectivity index (χ0n) is 15.5. The van der Waals surface area contributed by atoms with Crippen molar-refractivity contribution in [3.63, 3.8) is 0 Å². The van der Waals surface area contributed by atoms with Crippen molar-refractivity contribution in [3.05, 3.63) is 58.9 Å². The van der Waals surface area contributed by atoms with E-state index >= 15 is 0 Å². The molecule has 0 fully saturated rings. The second-order valence-corrected chi connectivity index (χ2v) is 6.72. The Morgan fingerprint density at radius 3 is 2.44 bits per heavy atom. The lowest BCUT2D eigenvalue weighted by Gasteiger charge is -2.14. The molecule has 1 aromatic heterocycles. The Bertz CT molecular complexity index is 865. The number of hydrogen-bond acceptors (Lipinski definition) is 3. The molecule has 132 valence electrons. The van der Waals surface area contributed by atoms with E-state index in [9.17, 15) is 0 Å². The van der Waals surface area contributed by atoms with Crippen molar-refractivity contribution in [2.24, 2.45) is 5.73 Å². The van der Waals surface area contributed by atoms with Gasteiger partial charge in [-0.05, 0) is 62.6 Å². The number of aromatic nitrogens is 2. The first-order chi connectivity index (χ1) is 12.0. The molecule has 0 bridgehead atoms. The van der Waals surface area contributed by atoms with Crippen LogP contribution in [0.25, 0.3) is 11.0 Å². The molecule has 0 saturated heterocycles. The molecular formula is C21H27N3O. The summed E-state index contributed by atoms with van der Waals surface area (Å²) in [4.78, 5) is 4.81. The summed E-state index contributed by atoms with van der Waals surface area (Å²) in [5, 5.41) is 0. The van der Waals surface area contributed by atoms with Gasteiger partial charge in [-0.15, -0.1) is 0 Å². The van der Waals surface area contributed by atoms with Crippen molar-refractivity contribution in [3.8, 4) is 5.75 Å². The SMILES string of the molecule is CCC(N)c1nc2cc(C)c(C)cc2n1CCOc1ccc(C)cc1. The Morgan fingerprint density at radius 1 is 1.08 bits per heavy atom. The van der Waals surface area contributed by atoms with Crippen molar-refractivity contribution in [2.75, 3.05) is 6.61 Å². The maximum atomic E-state index is 6.31. The summed E-state index contributed by atoms with van der Waals surface area (Å²) in [6, 6.07) is 12.4. The monoisotopic (exact) mass is 337 g/mol. The van der Waals surface area contributed by atoms with Crippen LogP contribution in [0, 0.1) is 20.8 Å². The number of imidazole rings is 1. The average molecular weight is 337 g/mol. The minimum absolute atomic E-state index is 0.0626. The van der Waals surface area contributed by atoms with Crippen LogP contribution in [0.2, 0.25) is 0 Å². The van der Waals surface area contributed by atoms with Gasteiger partial charge in [-0.25, -0.2) is 4.98 Å². The fourth-order valence-corrected chi connectivity index (χ4v) is 2.99. The highest BCUT2D eigenvalue weighted by Crippen LogP contribution is 2.24. The molecule has 0 aliphatic rings. The van der Waals surface area contributed by atoms with Crippen LogP contribution in [0.3, 0.4) is 0 Å². The summed E-state index contributed by atoms with van der Waals surface area (Å²) in [6.07, 6.45) is 0.861. The second kappa shape index (κ2) is 7.28. The molecule has 0 radical (unpaired) electrons. The molecule has 4 nitrogen and oxygen atoms in total. The number of ether oxygens (including phenoxy) is 1. The molecular weight excluding hydrogens is 310 g/mol. The minimum Gasteiger partial charge on any atom is -0.492 e. The molecule has 3 aromatic rings. The van der Waals surface area contributed by atoms with E-state index in [4.69, 9.17) is 15.5 Å². The van der Waals surface area contributed by atoms with E-state index in [2.05, 4.69) is 56.5 Å². The Morgan fingerprint density at radius 2 is 1.76 bits per heavy atom.